The van der Waals surface area contributed by atoms with Crippen molar-refractivity contribution in [2.45, 2.75) is 0 Å². The van der Waals surface area contributed by atoms with E-state index in [1.807, 2.05) is 36.5 Å². The van der Waals surface area contributed by atoms with Crippen LogP contribution in [-0.4, -0.2) is 10.5 Å². The number of hydrogen-bond acceptors (Lipinski definition) is 0. The van der Waals surface area contributed by atoms with E-state index >= 15 is 0 Å². The number of hydrogen-bond donors (Lipinski definition) is 0. The molecular weight excluding hydrogens is 136 g/mol. The predicted octanol–water partition coefficient (Wildman–Crippen LogP) is 1.90. The Morgan fingerprint density at radius 3 is 1.73 bits per heavy atom. The van der Waals surface area contributed by atoms with Crippen LogP contribution in [0.25, 0.3) is 5.53 Å². The molecule has 0 unspecified atom stereocenters. The van der Waals surface area contributed by atoms with E-state index in [0.29, 0.717) is 5.71 Å². The van der Waals surface area contributed by atoms with E-state index in [0.717, 1.165) is 0 Å². The molecule has 0 fully saturated rings. The third-order valence-corrected chi connectivity index (χ3v) is 1.20. The van der Waals surface area contributed by atoms with Crippen LogP contribution in [0, 0.1) is 0 Å². The first kappa shape index (κ1) is 7.45. The van der Waals surface area contributed by atoms with Gasteiger partial charge in [-0.15, -0.1) is 0 Å². The molecule has 0 aliphatic heterocycles. The maximum atomic E-state index is 8.44. The highest BCUT2D eigenvalue weighted by Crippen LogP contribution is 1.88. The van der Waals surface area contributed by atoms with Gasteiger partial charge in [0, 0.05) is 12.2 Å². The second-order valence-electron chi connectivity index (χ2n) is 2.01. The molecule has 0 atom stereocenters. The van der Waals surface area contributed by atoms with E-state index in [1.165, 1.54) is 0 Å². The van der Waals surface area contributed by atoms with Crippen molar-refractivity contribution in [2.75, 3.05) is 0 Å². The molecule has 0 N–H and O–H groups in total. The summed E-state index contributed by atoms with van der Waals surface area (Å²) in [5.41, 5.74) is 8.98. The van der Waals surface area contributed by atoms with Crippen LogP contribution >= 0.6 is 0 Å². The average molecular weight is 144 g/mol. The third-order valence-electron chi connectivity index (χ3n) is 1.20. The van der Waals surface area contributed by atoms with E-state index in [1.54, 1.807) is 12.2 Å². The molecular formula is C9H8N2. The predicted molar refractivity (Wildman–Crippen MR) is 45.2 cm³/mol. The molecule has 0 radical (unpaired) electrons. The van der Waals surface area contributed by atoms with Crippen molar-refractivity contribution in [2.24, 2.45) is 0 Å². The summed E-state index contributed by atoms with van der Waals surface area (Å²) in [6.07, 6.45) is 14.6. The van der Waals surface area contributed by atoms with Gasteiger partial charge in [-0.2, -0.15) is 4.79 Å². The Morgan fingerprint density at radius 1 is 0.818 bits per heavy atom. The fourth-order valence-corrected chi connectivity index (χ4v) is 0.687. The molecule has 0 aromatic rings. The summed E-state index contributed by atoms with van der Waals surface area (Å²) in [6.45, 7) is 0. The topological polar surface area (TPSA) is 36.4 Å². The van der Waals surface area contributed by atoms with E-state index in [9.17, 15) is 0 Å². The molecule has 0 bridgehead atoms. The Labute approximate surface area is 65.5 Å². The Balaban J connectivity index is 2.94. The lowest BCUT2D eigenvalue weighted by atomic mass is 10.3. The summed E-state index contributed by atoms with van der Waals surface area (Å²) < 4.78 is 0. The zero-order valence-electron chi connectivity index (χ0n) is 6.01. The molecule has 11 heavy (non-hydrogen) atoms. The summed E-state index contributed by atoms with van der Waals surface area (Å²) in [7, 11) is 0. The van der Waals surface area contributed by atoms with Gasteiger partial charge in [0.1, 0.15) is 0 Å². The number of allylic oxidation sites excluding steroid dienone is 8. The van der Waals surface area contributed by atoms with Crippen LogP contribution in [0.1, 0.15) is 0 Å². The normalized spacial score (nSPS) is 27.1. The van der Waals surface area contributed by atoms with Crippen LogP contribution in [0.15, 0.2) is 48.6 Å². The Kier molecular flexibility index (Phi) is 2.85. The summed E-state index contributed by atoms with van der Waals surface area (Å²) in [4.78, 5) is 3.07. The molecule has 0 spiro atoms. The standard InChI is InChI=1S/C9H8N2/c10-11-9-7-5-3-1-2-4-6-8-9/h1-8H/b3-1-,4-2-,7-5-,8-6-. The molecule has 0 amide bonds. The second-order valence-corrected chi connectivity index (χ2v) is 2.01. The highest BCUT2D eigenvalue weighted by atomic mass is 14.8. The largest absolute Gasteiger partial charge is 0.361 e. The van der Waals surface area contributed by atoms with Gasteiger partial charge in [0.25, 0.3) is 0 Å². The minimum Gasteiger partial charge on any atom is -0.361 e. The van der Waals surface area contributed by atoms with Crippen molar-refractivity contribution in [1.29, 1.82) is 0 Å². The van der Waals surface area contributed by atoms with E-state index < -0.39 is 0 Å². The van der Waals surface area contributed by atoms with Gasteiger partial charge in [-0.25, -0.2) is 0 Å². The lowest BCUT2D eigenvalue weighted by Crippen LogP contribution is -1.86. The third kappa shape index (κ3) is 2.61. The average Bonchev–Trinajstić information content (AvgIpc) is 2.16. The minimum absolute atomic E-state index is 0.543. The Bertz CT molecular complexity index is 263. The van der Waals surface area contributed by atoms with Crippen molar-refractivity contribution in [3.63, 3.8) is 0 Å². The lowest BCUT2D eigenvalue weighted by Gasteiger charge is -1.72. The van der Waals surface area contributed by atoms with Crippen LogP contribution in [0.3, 0.4) is 0 Å². The van der Waals surface area contributed by atoms with Crippen molar-refractivity contribution in [3.8, 4) is 0 Å². The first-order valence-corrected chi connectivity index (χ1v) is 3.33. The number of nitrogens with zero attached hydrogens (tertiary/aromatic N) is 2. The molecule has 54 valence electrons. The van der Waals surface area contributed by atoms with E-state index in [2.05, 4.69) is 4.79 Å². The molecule has 1 aliphatic carbocycles. The van der Waals surface area contributed by atoms with Gasteiger partial charge >= 0.3 is 5.71 Å². The van der Waals surface area contributed by atoms with Crippen LogP contribution in [-0.2, 0) is 0 Å². The van der Waals surface area contributed by atoms with Crippen LogP contribution in [0.4, 0.5) is 0 Å². The smallest absolute Gasteiger partial charge is 0.315 e. The van der Waals surface area contributed by atoms with Crippen molar-refractivity contribution in [1.82, 2.24) is 0 Å². The van der Waals surface area contributed by atoms with Crippen molar-refractivity contribution >= 4 is 5.71 Å². The lowest BCUT2D eigenvalue weighted by molar-refractivity contribution is -0.00149. The SMILES string of the molecule is [N-]=[N+]=C1\C=C/C=C\C=C/C=C\1. The molecule has 0 heterocycles. The minimum atomic E-state index is 0.543. The van der Waals surface area contributed by atoms with Crippen molar-refractivity contribution in [3.05, 3.63) is 54.1 Å². The van der Waals surface area contributed by atoms with Gasteiger partial charge in [-0.1, -0.05) is 36.5 Å². The first-order valence-electron chi connectivity index (χ1n) is 3.33. The highest BCUT2D eigenvalue weighted by molar-refractivity contribution is 6.00. The maximum absolute atomic E-state index is 8.44. The van der Waals surface area contributed by atoms with Gasteiger partial charge in [-0.05, 0) is 0 Å². The number of rotatable bonds is 0. The van der Waals surface area contributed by atoms with Gasteiger partial charge < -0.3 is 5.53 Å². The van der Waals surface area contributed by atoms with Gasteiger partial charge in [0.15, 0.2) is 0 Å². The van der Waals surface area contributed by atoms with Gasteiger partial charge in [-0.3, -0.25) is 0 Å². The summed E-state index contributed by atoms with van der Waals surface area (Å²) in [5.74, 6) is 0. The Hall–Kier alpha value is -1.66. The highest BCUT2D eigenvalue weighted by Gasteiger charge is 1.92. The molecule has 0 aromatic carbocycles. The second kappa shape index (κ2) is 4.20. The molecule has 0 saturated carbocycles. The Morgan fingerprint density at radius 2 is 1.27 bits per heavy atom. The molecule has 1 aliphatic rings. The van der Waals surface area contributed by atoms with Gasteiger partial charge in [0.2, 0.25) is 0 Å². The molecule has 2 nitrogen and oxygen atoms in total. The monoisotopic (exact) mass is 144 g/mol. The molecule has 2 heteroatoms. The zero-order valence-corrected chi connectivity index (χ0v) is 6.01. The van der Waals surface area contributed by atoms with E-state index in [-0.39, 0.29) is 0 Å². The zero-order chi connectivity index (χ0) is 7.94. The first-order chi connectivity index (χ1) is 5.43. The van der Waals surface area contributed by atoms with Crippen LogP contribution in [0.2, 0.25) is 0 Å². The van der Waals surface area contributed by atoms with Crippen LogP contribution in [0.5, 0.6) is 0 Å². The fraction of sp³-hybridized carbons (Fsp3) is 0. The molecule has 1 rings (SSSR count). The molecule has 0 aromatic heterocycles. The fourth-order valence-electron chi connectivity index (χ4n) is 0.687. The quantitative estimate of drug-likeness (QED) is 0.368. The maximum Gasteiger partial charge on any atom is 0.315 e. The summed E-state index contributed by atoms with van der Waals surface area (Å²) >= 11 is 0. The van der Waals surface area contributed by atoms with E-state index in [4.69, 9.17) is 5.53 Å². The summed E-state index contributed by atoms with van der Waals surface area (Å²) in [6, 6.07) is 0. The molecule has 0 saturated heterocycles. The van der Waals surface area contributed by atoms with Crippen LogP contribution < -0.4 is 0 Å². The van der Waals surface area contributed by atoms with Crippen molar-refractivity contribution < 1.29 is 4.79 Å². The summed E-state index contributed by atoms with van der Waals surface area (Å²) in [5, 5.41) is 0. The van der Waals surface area contributed by atoms with Gasteiger partial charge in [0.05, 0.1) is 0 Å².